The van der Waals surface area contributed by atoms with Crippen LogP contribution >= 0.6 is 0 Å². The van der Waals surface area contributed by atoms with Crippen LogP contribution in [0.5, 0.6) is 5.75 Å². The summed E-state index contributed by atoms with van der Waals surface area (Å²) in [6.45, 7) is 12.7. The molecule has 0 aliphatic rings. The first-order valence-electron chi connectivity index (χ1n) is 8.04. The number of benzene rings is 1. The lowest BCUT2D eigenvalue weighted by Crippen LogP contribution is -3.11. The molecule has 3 N–H and O–H groups in total. The summed E-state index contributed by atoms with van der Waals surface area (Å²) in [7, 11) is -4.14. The summed E-state index contributed by atoms with van der Waals surface area (Å²) in [5, 5.41) is 12.2. The number of phenolic OH excluding ortho intramolecular Hbond substituents is 1. The maximum Gasteiger partial charge on any atom is 0.117 e. The van der Waals surface area contributed by atoms with E-state index in [4.69, 9.17) is 0 Å². The molecular weight excluding hydrogens is 316 g/mol. The molecule has 0 fully saturated rings. The number of hydrogen-bond donors (Lipinski definition) is 3. The van der Waals surface area contributed by atoms with Crippen LogP contribution in [-0.4, -0.2) is 50.0 Å². The quantitative estimate of drug-likeness (QED) is 0.482. The lowest BCUT2D eigenvalue weighted by atomic mass is 10.2. The minimum Gasteiger partial charge on any atom is -0.748 e. The fraction of sp³-hybridized carbons (Fsp3) is 0.625. The summed E-state index contributed by atoms with van der Waals surface area (Å²) in [5.74, 6) is -0.234. The van der Waals surface area contributed by atoms with E-state index in [9.17, 15) is 18.1 Å². The van der Waals surface area contributed by atoms with Gasteiger partial charge in [-0.3, -0.25) is 0 Å². The molecule has 1 rings (SSSR count). The normalized spacial score (nSPS) is 11.0. The zero-order valence-corrected chi connectivity index (χ0v) is 15.4. The summed E-state index contributed by atoms with van der Waals surface area (Å²) >= 11 is 0. The van der Waals surface area contributed by atoms with Gasteiger partial charge in [0.25, 0.3) is 0 Å². The Morgan fingerprint density at radius 2 is 1.74 bits per heavy atom. The van der Waals surface area contributed by atoms with Gasteiger partial charge in [0.15, 0.2) is 0 Å². The zero-order valence-electron chi connectivity index (χ0n) is 14.6. The van der Waals surface area contributed by atoms with Gasteiger partial charge in [-0.05, 0) is 45.7 Å². The molecule has 0 radical (unpaired) electrons. The van der Waals surface area contributed by atoms with E-state index in [1.165, 1.54) is 19.6 Å². The molecule has 0 bridgehead atoms. The first-order valence-corrected chi connectivity index (χ1v) is 9.61. The lowest BCUT2D eigenvalue weighted by molar-refractivity contribution is -0.894. The third-order valence-corrected chi connectivity index (χ3v) is 4.40. The number of hydrogen-bond acceptors (Lipinski definition) is 5. The van der Waals surface area contributed by atoms with Gasteiger partial charge in [-0.15, -0.1) is 0 Å². The van der Waals surface area contributed by atoms with Gasteiger partial charge in [0.2, 0.25) is 0 Å². The van der Waals surface area contributed by atoms with Crippen LogP contribution in [0.3, 0.4) is 0 Å². The van der Waals surface area contributed by atoms with Crippen LogP contribution in [0.15, 0.2) is 18.2 Å². The van der Waals surface area contributed by atoms with E-state index in [2.05, 4.69) is 26.1 Å². The molecule has 0 saturated heterocycles. The summed E-state index contributed by atoms with van der Waals surface area (Å²) in [6, 6.07) is 4.88. The second-order valence-corrected chi connectivity index (χ2v) is 6.88. The molecule has 1 aromatic rings. The monoisotopic (exact) mass is 346 g/mol. The summed E-state index contributed by atoms with van der Waals surface area (Å²) < 4.78 is 31.0. The van der Waals surface area contributed by atoms with E-state index in [1.807, 2.05) is 6.92 Å². The topological polar surface area (TPSA) is 93.9 Å². The van der Waals surface area contributed by atoms with Gasteiger partial charge in [-0.2, -0.15) is 0 Å². The van der Waals surface area contributed by atoms with Crippen LogP contribution < -0.4 is 10.2 Å². The summed E-state index contributed by atoms with van der Waals surface area (Å²) in [5.41, 5.74) is 1.69. The molecular formula is C16H30N2O4S. The number of phenols is 1. The second-order valence-electron chi connectivity index (χ2n) is 5.35. The van der Waals surface area contributed by atoms with E-state index in [0.29, 0.717) is 6.54 Å². The average molecular weight is 346 g/mol. The zero-order chi connectivity index (χ0) is 17.9. The molecule has 6 nitrogen and oxygen atoms in total. The van der Waals surface area contributed by atoms with Crippen molar-refractivity contribution in [1.82, 2.24) is 0 Å². The van der Waals surface area contributed by atoms with Gasteiger partial charge in [0.1, 0.15) is 5.75 Å². The van der Waals surface area contributed by atoms with Gasteiger partial charge in [-0.25, -0.2) is 8.42 Å². The number of aryl methyl sites for hydroxylation is 1. The van der Waals surface area contributed by atoms with Gasteiger partial charge in [0.05, 0.1) is 29.8 Å². The molecule has 0 amide bonds. The van der Waals surface area contributed by atoms with Crippen LogP contribution in [-0.2, 0) is 10.1 Å². The van der Waals surface area contributed by atoms with Crippen LogP contribution in [0.2, 0.25) is 0 Å². The molecule has 0 aliphatic carbocycles. The van der Waals surface area contributed by atoms with E-state index < -0.39 is 10.1 Å². The molecule has 23 heavy (non-hydrogen) atoms. The van der Waals surface area contributed by atoms with Crippen molar-refractivity contribution in [3.63, 3.8) is 0 Å². The van der Waals surface area contributed by atoms with Crippen molar-refractivity contribution < 1.29 is 23.0 Å². The Hall–Kier alpha value is -1.31. The summed E-state index contributed by atoms with van der Waals surface area (Å²) in [4.78, 5) is 1.68. The second kappa shape index (κ2) is 11.3. The van der Waals surface area contributed by atoms with E-state index >= 15 is 0 Å². The Balaban J connectivity index is 0.000000585. The Kier molecular flexibility index (Phi) is 10.6. The average Bonchev–Trinajstić information content (AvgIpc) is 2.48. The molecule has 0 aliphatic heterocycles. The van der Waals surface area contributed by atoms with Gasteiger partial charge >= 0.3 is 0 Å². The maximum atomic E-state index is 10.3. The SMILES string of the molecule is CC[NH+](CC)CC.Cc1ccc(O)cc1NCCCS(=O)(=O)[O-]. The van der Waals surface area contributed by atoms with Crippen molar-refractivity contribution in [3.8, 4) is 5.75 Å². The van der Waals surface area contributed by atoms with Crippen LogP contribution in [0.25, 0.3) is 0 Å². The highest BCUT2D eigenvalue weighted by Crippen LogP contribution is 2.20. The molecule has 0 aromatic heterocycles. The minimum atomic E-state index is -4.14. The van der Waals surface area contributed by atoms with E-state index in [1.54, 1.807) is 23.1 Å². The molecule has 7 heteroatoms. The number of nitrogens with one attached hydrogen (secondary N) is 2. The van der Waals surface area contributed by atoms with Crippen molar-refractivity contribution in [2.45, 2.75) is 34.1 Å². The first-order chi connectivity index (χ1) is 10.7. The third kappa shape index (κ3) is 11.0. The molecule has 0 saturated carbocycles. The first kappa shape index (κ1) is 21.7. The van der Waals surface area contributed by atoms with Crippen molar-refractivity contribution in [2.24, 2.45) is 0 Å². The molecule has 0 atom stereocenters. The number of anilines is 1. The van der Waals surface area contributed by atoms with E-state index in [-0.39, 0.29) is 17.9 Å². The van der Waals surface area contributed by atoms with E-state index in [0.717, 1.165) is 11.3 Å². The highest BCUT2D eigenvalue weighted by molar-refractivity contribution is 7.85. The van der Waals surface area contributed by atoms with Crippen molar-refractivity contribution in [3.05, 3.63) is 23.8 Å². The molecule has 1 aromatic carbocycles. The van der Waals surface area contributed by atoms with Gasteiger partial charge in [0, 0.05) is 24.1 Å². The maximum absolute atomic E-state index is 10.3. The number of quaternary nitrogens is 1. The highest BCUT2D eigenvalue weighted by Gasteiger charge is 2.00. The van der Waals surface area contributed by atoms with Crippen LogP contribution in [0.1, 0.15) is 32.8 Å². The van der Waals surface area contributed by atoms with Crippen molar-refractivity contribution in [2.75, 3.05) is 37.2 Å². The third-order valence-electron chi connectivity index (χ3n) is 3.61. The Bertz CT molecular complexity index is 538. The molecule has 0 unspecified atom stereocenters. The lowest BCUT2D eigenvalue weighted by Gasteiger charge is -2.11. The van der Waals surface area contributed by atoms with Crippen molar-refractivity contribution >= 4 is 15.8 Å². The fourth-order valence-corrected chi connectivity index (χ4v) is 2.52. The van der Waals surface area contributed by atoms with Gasteiger partial charge < -0.3 is 19.9 Å². The highest BCUT2D eigenvalue weighted by atomic mass is 32.2. The summed E-state index contributed by atoms with van der Waals surface area (Å²) in [6.07, 6.45) is 0.251. The largest absolute Gasteiger partial charge is 0.748 e. The van der Waals surface area contributed by atoms with Crippen LogP contribution in [0.4, 0.5) is 5.69 Å². The Morgan fingerprint density at radius 3 is 2.17 bits per heavy atom. The Labute approximate surface area is 140 Å². The number of rotatable bonds is 8. The molecule has 0 heterocycles. The van der Waals surface area contributed by atoms with Crippen molar-refractivity contribution in [1.29, 1.82) is 0 Å². The minimum absolute atomic E-state index is 0.143. The predicted molar refractivity (Wildman–Crippen MR) is 93.1 cm³/mol. The predicted octanol–water partition coefficient (Wildman–Crippen LogP) is 0.979. The molecule has 0 spiro atoms. The Morgan fingerprint density at radius 1 is 1.17 bits per heavy atom. The smallest absolute Gasteiger partial charge is 0.117 e. The van der Waals surface area contributed by atoms with Gasteiger partial charge in [-0.1, -0.05) is 6.07 Å². The number of aromatic hydroxyl groups is 1. The fourth-order valence-electron chi connectivity index (χ4n) is 2.02. The standard InChI is InChI=1S/C10H15NO4S.C6H15N/c1-8-3-4-9(12)7-10(8)11-5-2-6-16(13,14)15;1-4-7(5-2)6-3/h3-4,7,11-12H,2,5-6H2,1H3,(H,13,14,15);4-6H2,1-3H3. The van der Waals surface area contributed by atoms with Crippen LogP contribution in [0, 0.1) is 6.92 Å². The molecule has 134 valence electrons.